The standard InChI is InChI=1S/C49H34N2/c1-4-16-35(17-5-1)49(45-25-13-10-22-41(45)42-23-11-14-26-46(42)49)36-28-30-39(31-29-36)50(37-18-6-2-7-19-37)40-32-33-44-43-24-12-15-27-47(43)51(48(44)34-40)38-20-8-3-9-21-38/h1-34H. The summed E-state index contributed by atoms with van der Waals surface area (Å²) < 4.78 is 2.39. The highest BCUT2D eigenvalue weighted by molar-refractivity contribution is 6.10. The first-order chi connectivity index (χ1) is 25.3. The number of aromatic nitrogens is 1. The third-order valence-corrected chi connectivity index (χ3v) is 10.7. The topological polar surface area (TPSA) is 8.17 Å². The van der Waals surface area contributed by atoms with Crippen LogP contribution in [0.4, 0.5) is 17.1 Å². The van der Waals surface area contributed by atoms with Crippen LogP contribution in [-0.2, 0) is 5.41 Å². The second kappa shape index (κ2) is 11.8. The van der Waals surface area contributed by atoms with Crippen LogP contribution in [0.2, 0.25) is 0 Å². The smallest absolute Gasteiger partial charge is 0.0713 e. The van der Waals surface area contributed by atoms with Gasteiger partial charge in [-0.15, -0.1) is 0 Å². The molecule has 0 aliphatic heterocycles. The van der Waals surface area contributed by atoms with Crippen molar-refractivity contribution in [1.82, 2.24) is 4.57 Å². The molecule has 0 amide bonds. The quantitative estimate of drug-likeness (QED) is 0.174. The van der Waals surface area contributed by atoms with Crippen molar-refractivity contribution in [3.63, 3.8) is 0 Å². The number of para-hydroxylation sites is 3. The monoisotopic (exact) mass is 650 g/mol. The first-order valence-corrected chi connectivity index (χ1v) is 17.6. The summed E-state index contributed by atoms with van der Waals surface area (Å²) in [7, 11) is 0. The van der Waals surface area contributed by atoms with Crippen molar-refractivity contribution < 1.29 is 0 Å². The summed E-state index contributed by atoms with van der Waals surface area (Å²) in [5.41, 5.74) is 14.2. The van der Waals surface area contributed by atoms with E-state index in [1.807, 2.05) is 0 Å². The zero-order chi connectivity index (χ0) is 33.8. The maximum absolute atomic E-state index is 2.39. The summed E-state index contributed by atoms with van der Waals surface area (Å²) in [6, 6.07) is 75.1. The van der Waals surface area contributed by atoms with Crippen molar-refractivity contribution in [2.24, 2.45) is 0 Å². The van der Waals surface area contributed by atoms with Gasteiger partial charge in [-0.2, -0.15) is 0 Å². The minimum Gasteiger partial charge on any atom is -0.310 e. The van der Waals surface area contributed by atoms with Crippen LogP contribution in [0.5, 0.6) is 0 Å². The van der Waals surface area contributed by atoms with Crippen molar-refractivity contribution >= 4 is 38.9 Å². The van der Waals surface area contributed by atoms with E-state index in [0.717, 1.165) is 22.7 Å². The molecule has 8 aromatic carbocycles. The Labute approximate surface area is 298 Å². The zero-order valence-corrected chi connectivity index (χ0v) is 28.0. The fourth-order valence-corrected chi connectivity index (χ4v) is 8.55. The molecule has 0 bridgehead atoms. The third-order valence-electron chi connectivity index (χ3n) is 10.7. The molecule has 1 heterocycles. The third kappa shape index (κ3) is 4.43. The fourth-order valence-electron chi connectivity index (χ4n) is 8.55. The molecule has 0 N–H and O–H groups in total. The molecule has 0 saturated carbocycles. The van der Waals surface area contributed by atoms with Crippen molar-refractivity contribution in [3.05, 3.63) is 229 Å². The average Bonchev–Trinajstić information content (AvgIpc) is 3.70. The molecular formula is C49H34N2. The Kier molecular flexibility index (Phi) is 6.75. The van der Waals surface area contributed by atoms with E-state index in [0.29, 0.717) is 0 Å². The molecule has 0 atom stereocenters. The van der Waals surface area contributed by atoms with Gasteiger partial charge >= 0.3 is 0 Å². The van der Waals surface area contributed by atoms with Crippen LogP contribution < -0.4 is 4.90 Å². The van der Waals surface area contributed by atoms with E-state index in [4.69, 9.17) is 0 Å². The van der Waals surface area contributed by atoms with E-state index in [-0.39, 0.29) is 0 Å². The molecule has 240 valence electrons. The van der Waals surface area contributed by atoms with Gasteiger partial charge in [0.25, 0.3) is 0 Å². The Morgan fingerprint density at radius 2 is 0.843 bits per heavy atom. The average molecular weight is 651 g/mol. The Balaban J connectivity index is 1.17. The van der Waals surface area contributed by atoms with Crippen LogP contribution in [0.25, 0.3) is 38.6 Å². The number of anilines is 3. The lowest BCUT2D eigenvalue weighted by molar-refractivity contribution is 0.768. The Morgan fingerprint density at radius 3 is 1.53 bits per heavy atom. The Bertz CT molecular complexity index is 2630. The number of benzene rings is 8. The lowest BCUT2D eigenvalue weighted by Gasteiger charge is -2.34. The molecular weight excluding hydrogens is 617 g/mol. The summed E-state index contributed by atoms with van der Waals surface area (Å²) in [4.78, 5) is 2.38. The van der Waals surface area contributed by atoms with Crippen molar-refractivity contribution in [2.75, 3.05) is 4.90 Å². The largest absolute Gasteiger partial charge is 0.310 e. The molecule has 51 heavy (non-hydrogen) atoms. The molecule has 0 fully saturated rings. The predicted octanol–water partition coefficient (Wildman–Crippen LogP) is 12.6. The first kappa shape index (κ1) is 29.3. The van der Waals surface area contributed by atoms with Gasteiger partial charge in [-0.1, -0.05) is 152 Å². The van der Waals surface area contributed by atoms with Crippen LogP contribution in [0.15, 0.2) is 206 Å². The molecule has 2 heteroatoms. The van der Waals surface area contributed by atoms with Crippen molar-refractivity contribution in [1.29, 1.82) is 0 Å². The summed E-state index contributed by atoms with van der Waals surface area (Å²) in [5.74, 6) is 0. The van der Waals surface area contributed by atoms with Gasteiger partial charge in [-0.25, -0.2) is 0 Å². The minimum absolute atomic E-state index is 0.430. The maximum atomic E-state index is 2.39. The molecule has 0 radical (unpaired) electrons. The SMILES string of the molecule is c1ccc(N(c2ccc(C3(c4ccccc4)c4ccccc4-c4ccccc43)cc2)c2ccc3c4ccccc4n(-c4ccccc4)c3c2)cc1. The number of rotatable bonds is 6. The summed E-state index contributed by atoms with van der Waals surface area (Å²) >= 11 is 0. The lowest BCUT2D eigenvalue weighted by atomic mass is 9.68. The van der Waals surface area contributed by atoms with E-state index >= 15 is 0 Å². The second-order valence-corrected chi connectivity index (χ2v) is 13.3. The summed E-state index contributed by atoms with van der Waals surface area (Å²) in [6.45, 7) is 0. The molecule has 10 rings (SSSR count). The molecule has 2 nitrogen and oxygen atoms in total. The highest BCUT2D eigenvalue weighted by Crippen LogP contribution is 2.56. The van der Waals surface area contributed by atoms with Gasteiger partial charge in [0.15, 0.2) is 0 Å². The van der Waals surface area contributed by atoms with E-state index in [2.05, 4.69) is 216 Å². The van der Waals surface area contributed by atoms with E-state index in [9.17, 15) is 0 Å². The van der Waals surface area contributed by atoms with Crippen molar-refractivity contribution in [3.8, 4) is 16.8 Å². The van der Waals surface area contributed by atoms with Crippen LogP contribution in [0.1, 0.15) is 22.3 Å². The van der Waals surface area contributed by atoms with Gasteiger partial charge in [0, 0.05) is 33.5 Å². The van der Waals surface area contributed by atoms with E-state index in [1.165, 1.54) is 55.2 Å². The minimum atomic E-state index is -0.430. The normalized spacial score (nSPS) is 12.9. The van der Waals surface area contributed by atoms with E-state index in [1.54, 1.807) is 0 Å². The molecule has 1 aromatic heterocycles. The lowest BCUT2D eigenvalue weighted by Crippen LogP contribution is -2.28. The number of nitrogens with zero attached hydrogens (tertiary/aromatic N) is 2. The van der Waals surface area contributed by atoms with Crippen LogP contribution in [0.3, 0.4) is 0 Å². The molecule has 0 unspecified atom stereocenters. The number of hydrogen-bond acceptors (Lipinski definition) is 1. The van der Waals surface area contributed by atoms with Gasteiger partial charge in [0.05, 0.1) is 16.4 Å². The van der Waals surface area contributed by atoms with Crippen LogP contribution >= 0.6 is 0 Å². The van der Waals surface area contributed by atoms with Crippen molar-refractivity contribution in [2.45, 2.75) is 5.41 Å². The van der Waals surface area contributed by atoms with E-state index < -0.39 is 5.41 Å². The summed E-state index contributed by atoms with van der Waals surface area (Å²) in [6.07, 6.45) is 0. The molecule has 0 spiro atoms. The Morgan fingerprint density at radius 1 is 0.353 bits per heavy atom. The highest BCUT2D eigenvalue weighted by atomic mass is 15.1. The van der Waals surface area contributed by atoms with Gasteiger partial charge in [-0.05, 0) is 88.0 Å². The maximum Gasteiger partial charge on any atom is 0.0713 e. The fraction of sp³-hybridized carbons (Fsp3) is 0.0204. The van der Waals surface area contributed by atoms with Crippen LogP contribution in [0, 0.1) is 0 Å². The van der Waals surface area contributed by atoms with Gasteiger partial charge in [0.1, 0.15) is 0 Å². The van der Waals surface area contributed by atoms with Gasteiger partial charge in [0.2, 0.25) is 0 Å². The predicted molar refractivity (Wildman–Crippen MR) is 213 cm³/mol. The highest BCUT2D eigenvalue weighted by Gasteiger charge is 2.45. The molecule has 9 aromatic rings. The summed E-state index contributed by atoms with van der Waals surface area (Å²) in [5, 5.41) is 2.49. The van der Waals surface area contributed by atoms with Gasteiger partial charge in [-0.3, -0.25) is 0 Å². The van der Waals surface area contributed by atoms with Gasteiger partial charge < -0.3 is 9.47 Å². The zero-order valence-electron chi connectivity index (χ0n) is 28.0. The number of fused-ring (bicyclic) bond motifs is 6. The van der Waals surface area contributed by atoms with Crippen LogP contribution in [-0.4, -0.2) is 4.57 Å². The first-order valence-electron chi connectivity index (χ1n) is 17.6. The Hall–Kier alpha value is -6.64. The molecule has 1 aliphatic rings. The number of hydrogen-bond donors (Lipinski definition) is 0. The molecule has 1 aliphatic carbocycles. The molecule has 0 saturated heterocycles. The second-order valence-electron chi connectivity index (χ2n) is 13.3.